The number of carbonyl (C=O) groups is 2. The second-order valence-electron chi connectivity index (χ2n) is 9.32. The van der Waals surface area contributed by atoms with Crippen LogP contribution in [0.2, 0.25) is 0 Å². The molecule has 0 spiro atoms. The van der Waals surface area contributed by atoms with E-state index < -0.39 is 21.8 Å². The quantitative estimate of drug-likeness (QED) is 0.308. The van der Waals surface area contributed by atoms with Crippen molar-refractivity contribution in [2.45, 2.75) is 57.4 Å². The van der Waals surface area contributed by atoms with E-state index in [1.807, 2.05) is 19.9 Å². The predicted octanol–water partition coefficient (Wildman–Crippen LogP) is 3.88. The molecule has 2 N–H and O–H groups in total. The minimum atomic E-state index is -0.898. The number of alkyl halides is 1. The summed E-state index contributed by atoms with van der Waals surface area (Å²) in [5, 5.41) is 21.6. The van der Waals surface area contributed by atoms with Gasteiger partial charge < -0.3 is 10.2 Å². The molecule has 4 nitrogen and oxygen atoms in total. The monoisotopic (exact) mass is 390 g/mol. The number of fused-ring (bicyclic) bond motifs is 5. The van der Waals surface area contributed by atoms with Gasteiger partial charge in [0.1, 0.15) is 0 Å². The molecule has 5 heteroatoms. The van der Waals surface area contributed by atoms with Crippen molar-refractivity contribution in [2.24, 2.45) is 28.6 Å². The third-order valence-corrected chi connectivity index (χ3v) is 9.06. The molecule has 0 bridgehead atoms. The van der Waals surface area contributed by atoms with Crippen LogP contribution < -0.4 is 0 Å². The molecule has 0 radical (unpaired) electrons. The highest BCUT2D eigenvalue weighted by atomic mass is 35.5. The molecule has 0 saturated heterocycles. The summed E-state index contributed by atoms with van der Waals surface area (Å²) < 4.78 is 0. The molecule has 27 heavy (non-hydrogen) atoms. The Balaban J connectivity index is 1.85. The number of aliphatic hydroxyl groups excluding tert-OH is 2. The summed E-state index contributed by atoms with van der Waals surface area (Å²) in [6, 6.07) is 0. The Kier molecular flexibility index (Phi) is 4.07. The van der Waals surface area contributed by atoms with Crippen LogP contribution in [0.25, 0.3) is 0 Å². The van der Waals surface area contributed by atoms with Crippen LogP contribution in [-0.4, -0.2) is 33.3 Å². The van der Waals surface area contributed by atoms with Crippen molar-refractivity contribution in [3.63, 3.8) is 0 Å². The highest BCUT2D eigenvalue weighted by Gasteiger charge is 2.69. The summed E-state index contributed by atoms with van der Waals surface area (Å²) in [5.74, 6) is 0.0753. The number of rotatable bonds is 1. The Morgan fingerprint density at radius 1 is 1.33 bits per heavy atom. The van der Waals surface area contributed by atoms with Gasteiger partial charge in [-0.1, -0.05) is 32.4 Å². The van der Waals surface area contributed by atoms with E-state index in [2.05, 4.69) is 6.92 Å². The summed E-state index contributed by atoms with van der Waals surface area (Å²) in [5.41, 5.74) is 0.746. The molecule has 0 unspecified atom stereocenters. The highest BCUT2D eigenvalue weighted by molar-refractivity contribution is 6.26. The maximum absolute atomic E-state index is 11.9. The average molecular weight is 391 g/mol. The fourth-order valence-corrected chi connectivity index (χ4v) is 7.50. The van der Waals surface area contributed by atoms with E-state index in [0.717, 1.165) is 30.4 Å². The molecular formula is C22H27ClO4. The van der Waals surface area contributed by atoms with E-state index >= 15 is 0 Å². The van der Waals surface area contributed by atoms with Crippen LogP contribution in [0.15, 0.2) is 35.1 Å². The molecule has 0 heterocycles. The standard InChI is InChI=1S/C22H27ClO4/c1-12-8-16-15-5-4-13-9-14(25)6-7-21(13,3)22(15,23)18(27)10-20(16,2)19(12)17(26)11-24/h6-7,9,11-12,15-16,18,26-27H,4-5,8,10H2,1-3H3/b19-17+/t12-,15-,16-,18-,20-,21-,22-/m0/s1. The average Bonchev–Trinajstić information content (AvgIpc) is 2.86. The van der Waals surface area contributed by atoms with E-state index in [9.17, 15) is 19.8 Å². The first-order chi connectivity index (χ1) is 12.6. The summed E-state index contributed by atoms with van der Waals surface area (Å²) in [6.45, 7) is 6.13. The molecule has 146 valence electrons. The van der Waals surface area contributed by atoms with Gasteiger partial charge in [0.15, 0.2) is 17.8 Å². The van der Waals surface area contributed by atoms with Crippen LogP contribution in [0.1, 0.15) is 46.5 Å². The maximum atomic E-state index is 11.9. The fourth-order valence-electron chi connectivity index (χ4n) is 6.97. The smallest absolute Gasteiger partial charge is 0.184 e. The van der Waals surface area contributed by atoms with Gasteiger partial charge in [-0.15, -0.1) is 11.6 Å². The van der Waals surface area contributed by atoms with Gasteiger partial charge in [-0.3, -0.25) is 9.59 Å². The maximum Gasteiger partial charge on any atom is 0.184 e. The van der Waals surface area contributed by atoms with Crippen molar-refractivity contribution < 1.29 is 19.8 Å². The Hall–Kier alpha value is -1.39. The first-order valence-electron chi connectivity index (χ1n) is 9.79. The molecule has 0 amide bonds. The van der Waals surface area contributed by atoms with E-state index in [1.165, 1.54) is 0 Å². The number of hydrogen-bond acceptors (Lipinski definition) is 4. The zero-order valence-electron chi connectivity index (χ0n) is 16.0. The molecule has 0 aromatic rings. The van der Waals surface area contributed by atoms with E-state index in [4.69, 9.17) is 11.6 Å². The topological polar surface area (TPSA) is 74.6 Å². The minimum absolute atomic E-state index is 0.0213. The number of halogens is 1. The molecule has 4 aliphatic rings. The van der Waals surface area contributed by atoms with Crippen molar-refractivity contribution in [1.82, 2.24) is 0 Å². The number of allylic oxidation sites excluding steroid dienone is 6. The zero-order chi connectivity index (χ0) is 19.8. The van der Waals surface area contributed by atoms with Crippen LogP contribution >= 0.6 is 11.6 Å². The summed E-state index contributed by atoms with van der Waals surface area (Å²) >= 11 is 7.33. The second-order valence-corrected chi connectivity index (χ2v) is 9.94. The van der Waals surface area contributed by atoms with Crippen molar-refractivity contribution in [2.75, 3.05) is 0 Å². The van der Waals surface area contributed by atoms with Gasteiger partial charge in [0.25, 0.3) is 0 Å². The molecule has 3 saturated carbocycles. The van der Waals surface area contributed by atoms with Crippen LogP contribution in [0, 0.1) is 28.6 Å². The number of carbonyl (C=O) groups excluding carboxylic acids is 2. The lowest BCUT2D eigenvalue weighted by Crippen LogP contribution is -2.65. The molecule has 7 atom stereocenters. The normalized spacial score (nSPS) is 50.4. The van der Waals surface area contributed by atoms with Crippen LogP contribution in [0.5, 0.6) is 0 Å². The van der Waals surface area contributed by atoms with Gasteiger partial charge in [-0.05, 0) is 66.6 Å². The number of ketones is 1. The van der Waals surface area contributed by atoms with E-state index in [0.29, 0.717) is 12.7 Å². The van der Waals surface area contributed by atoms with Gasteiger partial charge in [-0.25, -0.2) is 0 Å². The molecule has 4 aliphatic carbocycles. The van der Waals surface area contributed by atoms with E-state index in [1.54, 1.807) is 12.2 Å². The van der Waals surface area contributed by atoms with Crippen molar-refractivity contribution in [3.8, 4) is 0 Å². The van der Waals surface area contributed by atoms with Gasteiger partial charge in [0.2, 0.25) is 0 Å². The highest BCUT2D eigenvalue weighted by Crippen LogP contribution is 2.70. The fraction of sp³-hybridized carbons (Fsp3) is 0.636. The van der Waals surface area contributed by atoms with Crippen LogP contribution in [-0.2, 0) is 9.59 Å². The van der Waals surface area contributed by atoms with Crippen LogP contribution in [0.3, 0.4) is 0 Å². The van der Waals surface area contributed by atoms with Crippen molar-refractivity contribution >= 4 is 23.7 Å². The molecule has 0 aromatic heterocycles. The Morgan fingerprint density at radius 2 is 2.04 bits per heavy atom. The SMILES string of the molecule is C[C@H]1C[C@H]2[C@@H]3CCC4=CC(=O)C=C[C@]4(C)[C@@]3(Cl)[C@@H](O)C[C@]2(C)/C1=C(/O)C=O. The van der Waals surface area contributed by atoms with Gasteiger partial charge in [0.05, 0.1) is 11.0 Å². The Bertz CT molecular complexity index is 811. The number of hydrogen-bond donors (Lipinski definition) is 2. The number of aliphatic hydroxyl groups is 2. The first kappa shape index (κ1) is 18.9. The van der Waals surface area contributed by atoms with Gasteiger partial charge in [0, 0.05) is 5.41 Å². The molecule has 0 aromatic carbocycles. The summed E-state index contributed by atoms with van der Waals surface area (Å²) in [6.07, 6.45) is 7.66. The molecular weight excluding hydrogens is 364 g/mol. The van der Waals surface area contributed by atoms with Gasteiger partial charge >= 0.3 is 0 Å². The zero-order valence-corrected chi connectivity index (χ0v) is 16.8. The lowest BCUT2D eigenvalue weighted by atomic mass is 9.46. The third-order valence-electron chi connectivity index (χ3n) is 8.13. The van der Waals surface area contributed by atoms with Crippen molar-refractivity contribution in [3.05, 3.63) is 35.1 Å². The Labute approximate surface area is 165 Å². The lowest BCUT2D eigenvalue weighted by molar-refractivity contribution is -0.111. The third kappa shape index (κ3) is 2.20. The largest absolute Gasteiger partial charge is 0.505 e. The number of aldehydes is 1. The summed E-state index contributed by atoms with van der Waals surface area (Å²) in [7, 11) is 0. The lowest BCUT2D eigenvalue weighted by Gasteiger charge is -2.62. The van der Waals surface area contributed by atoms with Crippen LogP contribution in [0.4, 0.5) is 0 Å². The summed E-state index contributed by atoms with van der Waals surface area (Å²) in [4.78, 5) is 22.3. The second kappa shape index (κ2) is 5.81. The first-order valence-corrected chi connectivity index (χ1v) is 10.2. The van der Waals surface area contributed by atoms with Gasteiger partial charge in [-0.2, -0.15) is 0 Å². The molecule has 4 rings (SSSR count). The molecule has 0 aliphatic heterocycles. The van der Waals surface area contributed by atoms with E-state index in [-0.39, 0.29) is 29.3 Å². The Morgan fingerprint density at radius 3 is 2.70 bits per heavy atom. The molecule has 3 fully saturated rings. The predicted molar refractivity (Wildman–Crippen MR) is 103 cm³/mol. The minimum Gasteiger partial charge on any atom is -0.505 e. The van der Waals surface area contributed by atoms with Crippen molar-refractivity contribution in [1.29, 1.82) is 0 Å².